The second kappa shape index (κ2) is 3.37. The Hall–Kier alpha value is -0.870. The predicted octanol–water partition coefficient (Wildman–Crippen LogP) is 2.10. The molecular formula is C10H12BrN3. The van der Waals surface area contributed by atoms with Crippen molar-refractivity contribution in [2.24, 2.45) is 12.8 Å². The summed E-state index contributed by atoms with van der Waals surface area (Å²) in [6.45, 7) is 2.56. The summed E-state index contributed by atoms with van der Waals surface area (Å²) in [6.07, 6.45) is 0. The molecule has 0 aliphatic carbocycles. The molecule has 0 radical (unpaired) electrons. The van der Waals surface area contributed by atoms with E-state index in [-0.39, 0.29) is 0 Å². The molecule has 0 aliphatic heterocycles. The molecule has 0 bridgehead atoms. The molecule has 0 fully saturated rings. The number of hydrogen-bond acceptors (Lipinski definition) is 2. The lowest BCUT2D eigenvalue weighted by molar-refractivity contribution is 0.782. The van der Waals surface area contributed by atoms with Gasteiger partial charge in [-0.3, -0.25) is 4.68 Å². The molecule has 4 heteroatoms. The normalized spacial score (nSPS) is 11.1. The summed E-state index contributed by atoms with van der Waals surface area (Å²) in [5.74, 6) is 0. The van der Waals surface area contributed by atoms with E-state index < -0.39 is 0 Å². The minimum atomic E-state index is 0.554. The average molecular weight is 254 g/mol. The molecule has 0 aliphatic rings. The van der Waals surface area contributed by atoms with Gasteiger partial charge in [-0.25, -0.2) is 0 Å². The molecule has 2 aromatic rings. The van der Waals surface area contributed by atoms with Gasteiger partial charge in [-0.1, -0.05) is 15.9 Å². The zero-order chi connectivity index (χ0) is 10.3. The van der Waals surface area contributed by atoms with Gasteiger partial charge in [-0.15, -0.1) is 0 Å². The Morgan fingerprint density at radius 3 is 2.86 bits per heavy atom. The number of hydrogen-bond donors (Lipinski definition) is 1. The Labute approximate surface area is 91.0 Å². The SMILES string of the molecule is Cc1nn(C)c2cc(CN)cc(Br)c12. The smallest absolute Gasteiger partial charge is 0.0696 e. The number of aryl methyl sites for hydroxylation is 2. The van der Waals surface area contributed by atoms with E-state index in [2.05, 4.69) is 33.2 Å². The summed E-state index contributed by atoms with van der Waals surface area (Å²) in [5, 5.41) is 5.54. The van der Waals surface area contributed by atoms with E-state index in [0.29, 0.717) is 6.54 Å². The first-order valence-electron chi connectivity index (χ1n) is 4.45. The van der Waals surface area contributed by atoms with Crippen LogP contribution in [0, 0.1) is 6.92 Å². The highest BCUT2D eigenvalue weighted by Crippen LogP contribution is 2.27. The van der Waals surface area contributed by atoms with Crippen molar-refractivity contribution in [1.29, 1.82) is 0 Å². The van der Waals surface area contributed by atoms with Crippen LogP contribution in [0.4, 0.5) is 0 Å². The number of nitrogens with zero attached hydrogens (tertiary/aromatic N) is 2. The van der Waals surface area contributed by atoms with Crippen molar-refractivity contribution < 1.29 is 0 Å². The van der Waals surface area contributed by atoms with Crippen molar-refractivity contribution in [3.63, 3.8) is 0 Å². The molecule has 2 rings (SSSR count). The molecule has 1 aromatic heterocycles. The molecule has 2 N–H and O–H groups in total. The summed E-state index contributed by atoms with van der Waals surface area (Å²) in [7, 11) is 1.95. The van der Waals surface area contributed by atoms with Gasteiger partial charge in [0.2, 0.25) is 0 Å². The molecule has 74 valence electrons. The maximum atomic E-state index is 5.62. The van der Waals surface area contributed by atoms with Crippen LogP contribution in [0.5, 0.6) is 0 Å². The Morgan fingerprint density at radius 1 is 1.50 bits per heavy atom. The fraction of sp³-hybridized carbons (Fsp3) is 0.300. The monoisotopic (exact) mass is 253 g/mol. The zero-order valence-electron chi connectivity index (χ0n) is 8.21. The number of halogens is 1. The maximum Gasteiger partial charge on any atom is 0.0696 e. The van der Waals surface area contributed by atoms with Crippen LogP contribution in [-0.2, 0) is 13.6 Å². The molecule has 3 nitrogen and oxygen atoms in total. The van der Waals surface area contributed by atoms with Crippen molar-refractivity contribution in [3.05, 3.63) is 27.9 Å². The molecule has 0 atom stereocenters. The standard InChI is InChI=1S/C10H12BrN3/c1-6-10-8(11)3-7(5-12)4-9(10)14(2)13-6/h3-4H,5,12H2,1-2H3. The molecule has 0 spiro atoms. The van der Waals surface area contributed by atoms with Gasteiger partial charge in [0.15, 0.2) is 0 Å². The highest BCUT2D eigenvalue weighted by atomic mass is 79.9. The van der Waals surface area contributed by atoms with E-state index in [4.69, 9.17) is 5.73 Å². The second-order valence-corrected chi connectivity index (χ2v) is 4.24. The lowest BCUT2D eigenvalue weighted by Gasteiger charge is -2.01. The van der Waals surface area contributed by atoms with Gasteiger partial charge < -0.3 is 5.73 Å². The highest BCUT2D eigenvalue weighted by Gasteiger charge is 2.09. The van der Waals surface area contributed by atoms with Gasteiger partial charge in [0.1, 0.15) is 0 Å². The van der Waals surface area contributed by atoms with Crippen molar-refractivity contribution in [3.8, 4) is 0 Å². The fourth-order valence-corrected chi connectivity index (χ4v) is 2.49. The Balaban J connectivity index is 2.86. The van der Waals surface area contributed by atoms with E-state index >= 15 is 0 Å². The van der Waals surface area contributed by atoms with Crippen LogP contribution in [0.3, 0.4) is 0 Å². The van der Waals surface area contributed by atoms with Gasteiger partial charge in [0, 0.05) is 23.5 Å². The molecule has 1 heterocycles. The first-order valence-corrected chi connectivity index (χ1v) is 5.24. The number of aromatic nitrogens is 2. The van der Waals surface area contributed by atoms with E-state index in [9.17, 15) is 0 Å². The first-order chi connectivity index (χ1) is 6.63. The van der Waals surface area contributed by atoms with Crippen molar-refractivity contribution >= 4 is 26.8 Å². The van der Waals surface area contributed by atoms with Gasteiger partial charge in [0.05, 0.1) is 11.2 Å². The third-order valence-corrected chi connectivity index (χ3v) is 3.00. The number of benzene rings is 1. The van der Waals surface area contributed by atoms with Crippen LogP contribution in [0.2, 0.25) is 0 Å². The van der Waals surface area contributed by atoms with Crippen LogP contribution in [0.1, 0.15) is 11.3 Å². The van der Waals surface area contributed by atoms with E-state index in [0.717, 1.165) is 21.2 Å². The second-order valence-electron chi connectivity index (χ2n) is 3.38. The first kappa shape index (κ1) is 9.68. The highest BCUT2D eigenvalue weighted by molar-refractivity contribution is 9.10. The molecular weight excluding hydrogens is 242 g/mol. The number of fused-ring (bicyclic) bond motifs is 1. The van der Waals surface area contributed by atoms with Gasteiger partial charge in [-0.05, 0) is 24.6 Å². The summed E-state index contributed by atoms with van der Waals surface area (Å²) in [4.78, 5) is 0. The van der Waals surface area contributed by atoms with Gasteiger partial charge >= 0.3 is 0 Å². The Bertz CT molecular complexity index is 488. The summed E-state index contributed by atoms with van der Waals surface area (Å²) < 4.78 is 2.95. The zero-order valence-corrected chi connectivity index (χ0v) is 9.80. The minimum Gasteiger partial charge on any atom is -0.326 e. The van der Waals surface area contributed by atoms with Crippen LogP contribution in [0.15, 0.2) is 16.6 Å². The van der Waals surface area contributed by atoms with E-state index in [1.807, 2.05) is 18.7 Å². The average Bonchev–Trinajstić information content (AvgIpc) is 2.42. The molecule has 0 saturated heterocycles. The molecule has 14 heavy (non-hydrogen) atoms. The van der Waals surface area contributed by atoms with Crippen molar-refractivity contribution in [2.75, 3.05) is 0 Å². The molecule has 0 saturated carbocycles. The minimum absolute atomic E-state index is 0.554. The van der Waals surface area contributed by atoms with Gasteiger partial charge in [0.25, 0.3) is 0 Å². The van der Waals surface area contributed by atoms with Crippen LogP contribution in [0.25, 0.3) is 10.9 Å². The van der Waals surface area contributed by atoms with Crippen LogP contribution in [-0.4, -0.2) is 9.78 Å². The predicted molar refractivity (Wildman–Crippen MR) is 61.0 cm³/mol. The third kappa shape index (κ3) is 1.35. The third-order valence-electron chi connectivity index (χ3n) is 2.38. The largest absolute Gasteiger partial charge is 0.326 e. The maximum absolute atomic E-state index is 5.62. The van der Waals surface area contributed by atoms with Crippen molar-refractivity contribution in [1.82, 2.24) is 9.78 Å². The van der Waals surface area contributed by atoms with Crippen LogP contribution < -0.4 is 5.73 Å². The Morgan fingerprint density at radius 2 is 2.21 bits per heavy atom. The summed E-state index contributed by atoms with van der Waals surface area (Å²) in [5.41, 5.74) is 8.90. The number of rotatable bonds is 1. The molecule has 0 unspecified atom stereocenters. The van der Waals surface area contributed by atoms with E-state index in [1.54, 1.807) is 0 Å². The lowest BCUT2D eigenvalue weighted by Crippen LogP contribution is -1.97. The van der Waals surface area contributed by atoms with Crippen molar-refractivity contribution in [2.45, 2.75) is 13.5 Å². The number of nitrogens with two attached hydrogens (primary N) is 1. The summed E-state index contributed by atoms with van der Waals surface area (Å²) >= 11 is 3.54. The fourth-order valence-electron chi connectivity index (χ4n) is 1.71. The summed E-state index contributed by atoms with van der Waals surface area (Å²) in [6, 6.07) is 4.14. The topological polar surface area (TPSA) is 43.8 Å². The Kier molecular flexibility index (Phi) is 2.33. The van der Waals surface area contributed by atoms with Crippen LogP contribution >= 0.6 is 15.9 Å². The van der Waals surface area contributed by atoms with Gasteiger partial charge in [-0.2, -0.15) is 5.10 Å². The van der Waals surface area contributed by atoms with E-state index in [1.165, 1.54) is 5.39 Å². The molecule has 1 aromatic carbocycles. The molecule has 0 amide bonds. The quantitative estimate of drug-likeness (QED) is 0.846. The lowest BCUT2D eigenvalue weighted by atomic mass is 10.1.